The van der Waals surface area contributed by atoms with Gasteiger partial charge in [-0.05, 0) is 37.1 Å². The first-order chi connectivity index (χ1) is 9.94. The molecule has 21 heavy (non-hydrogen) atoms. The summed E-state index contributed by atoms with van der Waals surface area (Å²) in [4.78, 5) is 18.4. The summed E-state index contributed by atoms with van der Waals surface area (Å²) in [5.41, 5.74) is 7.09. The number of benzene rings is 1. The molecule has 1 aromatic heterocycles. The van der Waals surface area contributed by atoms with Gasteiger partial charge in [-0.2, -0.15) is 0 Å². The number of rotatable bonds is 4. The Morgan fingerprint density at radius 3 is 2.33 bits per heavy atom. The molecule has 4 heteroatoms. The van der Waals surface area contributed by atoms with Crippen LogP contribution >= 0.6 is 0 Å². The van der Waals surface area contributed by atoms with Crippen LogP contribution in [0.3, 0.4) is 0 Å². The molecule has 2 aromatic rings. The van der Waals surface area contributed by atoms with E-state index in [2.05, 4.69) is 4.98 Å². The monoisotopic (exact) mass is 283 g/mol. The molecular weight excluding hydrogens is 262 g/mol. The van der Waals surface area contributed by atoms with Crippen molar-refractivity contribution in [2.75, 3.05) is 7.05 Å². The lowest BCUT2D eigenvalue weighted by Gasteiger charge is -2.33. The summed E-state index contributed by atoms with van der Waals surface area (Å²) in [6, 6.07) is 13.2. The minimum absolute atomic E-state index is 0.0629. The molecule has 2 unspecified atom stereocenters. The van der Waals surface area contributed by atoms with Crippen molar-refractivity contribution in [2.45, 2.75) is 25.4 Å². The number of hydrogen-bond donors (Lipinski definition) is 1. The zero-order valence-corrected chi connectivity index (χ0v) is 12.7. The van der Waals surface area contributed by atoms with Gasteiger partial charge in [0.15, 0.2) is 0 Å². The molecule has 110 valence electrons. The number of carbonyl (C=O) groups excluding carboxylic acids is 1. The van der Waals surface area contributed by atoms with E-state index < -0.39 is 5.54 Å². The van der Waals surface area contributed by atoms with Crippen molar-refractivity contribution in [3.05, 3.63) is 66.0 Å². The molecule has 1 amide bonds. The molecule has 2 N–H and O–H groups in total. The van der Waals surface area contributed by atoms with Crippen molar-refractivity contribution in [1.29, 1.82) is 0 Å². The molecule has 0 saturated heterocycles. The zero-order chi connectivity index (χ0) is 15.5. The normalized spacial score (nSPS) is 15.0. The van der Waals surface area contributed by atoms with Crippen LogP contribution in [0.4, 0.5) is 0 Å². The molecule has 0 aliphatic rings. The van der Waals surface area contributed by atoms with E-state index in [0.29, 0.717) is 0 Å². The van der Waals surface area contributed by atoms with Crippen molar-refractivity contribution < 1.29 is 4.79 Å². The second kappa shape index (κ2) is 6.06. The van der Waals surface area contributed by atoms with Gasteiger partial charge in [-0.15, -0.1) is 0 Å². The number of hydrogen-bond acceptors (Lipinski definition) is 3. The molecular formula is C17H21N3O. The van der Waals surface area contributed by atoms with Gasteiger partial charge in [-0.1, -0.05) is 30.3 Å². The third-order valence-corrected chi connectivity index (χ3v) is 3.91. The molecule has 1 heterocycles. The number of pyridine rings is 1. The second-order valence-corrected chi connectivity index (χ2v) is 5.44. The third-order valence-electron chi connectivity index (χ3n) is 3.91. The van der Waals surface area contributed by atoms with Crippen LogP contribution in [0.1, 0.15) is 31.0 Å². The Morgan fingerprint density at radius 1 is 1.19 bits per heavy atom. The highest BCUT2D eigenvalue weighted by atomic mass is 16.2. The maximum atomic E-state index is 12.8. The average Bonchev–Trinajstić information content (AvgIpc) is 2.54. The van der Waals surface area contributed by atoms with Gasteiger partial charge in [0, 0.05) is 19.4 Å². The summed E-state index contributed by atoms with van der Waals surface area (Å²) in [5.74, 6) is -0.113. The molecule has 0 bridgehead atoms. The lowest BCUT2D eigenvalue weighted by atomic mass is 9.91. The van der Waals surface area contributed by atoms with Crippen LogP contribution in [0.25, 0.3) is 0 Å². The highest BCUT2D eigenvalue weighted by Crippen LogP contribution is 2.25. The van der Waals surface area contributed by atoms with Crippen LogP contribution < -0.4 is 5.73 Å². The number of likely N-dealkylation sites (N-methyl/N-ethyl adjacent to an activating group) is 1. The fourth-order valence-electron chi connectivity index (χ4n) is 2.32. The highest BCUT2D eigenvalue weighted by molar-refractivity contribution is 5.87. The van der Waals surface area contributed by atoms with E-state index in [9.17, 15) is 4.79 Å². The lowest BCUT2D eigenvalue weighted by molar-refractivity contribution is -0.137. The van der Waals surface area contributed by atoms with Crippen LogP contribution in [-0.4, -0.2) is 22.8 Å². The average molecular weight is 283 g/mol. The fourth-order valence-corrected chi connectivity index (χ4v) is 2.32. The molecule has 2 atom stereocenters. The molecule has 0 radical (unpaired) electrons. The Kier molecular flexibility index (Phi) is 4.38. The number of carbonyl (C=O) groups is 1. The number of nitrogens with two attached hydrogens (primary N) is 1. The van der Waals surface area contributed by atoms with Crippen molar-refractivity contribution in [1.82, 2.24) is 9.88 Å². The van der Waals surface area contributed by atoms with E-state index in [1.54, 1.807) is 31.3 Å². The molecule has 4 nitrogen and oxygen atoms in total. The van der Waals surface area contributed by atoms with E-state index in [1.165, 1.54) is 0 Å². The molecule has 0 aliphatic heterocycles. The summed E-state index contributed by atoms with van der Waals surface area (Å²) in [6.45, 7) is 3.73. The van der Waals surface area contributed by atoms with Gasteiger partial charge in [0.2, 0.25) is 5.91 Å². The Labute approximate surface area is 125 Å². The summed E-state index contributed by atoms with van der Waals surface area (Å²) in [7, 11) is 1.78. The van der Waals surface area contributed by atoms with Crippen LogP contribution in [0.2, 0.25) is 0 Å². The molecule has 0 spiro atoms. The van der Waals surface area contributed by atoms with Gasteiger partial charge in [-0.25, -0.2) is 0 Å². The molecule has 0 saturated carbocycles. The Bertz CT molecular complexity index is 596. The molecule has 0 aliphatic carbocycles. The molecule has 0 fully saturated rings. The van der Waals surface area contributed by atoms with Crippen LogP contribution in [0.5, 0.6) is 0 Å². The molecule has 1 aromatic carbocycles. The van der Waals surface area contributed by atoms with E-state index in [1.807, 2.05) is 49.4 Å². The SMILES string of the molecule is CC(c1ccncc1)N(C)C(=O)C(C)(N)c1ccccc1. The van der Waals surface area contributed by atoms with Gasteiger partial charge in [0.1, 0.15) is 5.54 Å². The third kappa shape index (κ3) is 3.11. The van der Waals surface area contributed by atoms with Crippen LogP contribution in [0.15, 0.2) is 54.9 Å². The second-order valence-electron chi connectivity index (χ2n) is 5.44. The Balaban J connectivity index is 2.23. The van der Waals surface area contributed by atoms with Gasteiger partial charge in [-0.3, -0.25) is 9.78 Å². The quantitative estimate of drug-likeness (QED) is 0.937. The maximum Gasteiger partial charge on any atom is 0.247 e. The van der Waals surface area contributed by atoms with E-state index in [4.69, 9.17) is 5.73 Å². The van der Waals surface area contributed by atoms with E-state index in [0.717, 1.165) is 11.1 Å². The predicted molar refractivity (Wildman–Crippen MR) is 83.4 cm³/mol. The fraction of sp³-hybridized carbons (Fsp3) is 0.294. The summed E-state index contributed by atoms with van der Waals surface area (Å²) >= 11 is 0. The van der Waals surface area contributed by atoms with Crippen LogP contribution in [0, 0.1) is 0 Å². The number of aromatic nitrogens is 1. The van der Waals surface area contributed by atoms with Gasteiger partial charge < -0.3 is 10.6 Å². The first-order valence-electron chi connectivity index (χ1n) is 6.96. The summed E-state index contributed by atoms with van der Waals surface area (Å²) in [5, 5.41) is 0. The van der Waals surface area contributed by atoms with Crippen molar-refractivity contribution >= 4 is 5.91 Å². The first kappa shape index (κ1) is 15.2. The lowest BCUT2D eigenvalue weighted by Crippen LogP contribution is -2.50. The zero-order valence-electron chi connectivity index (χ0n) is 12.7. The molecule has 2 rings (SSSR count). The van der Waals surface area contributed by atoms with Crippen molar-refractivity contribution in [3.8, 4) is 0 Å². The first-order valence-corrected chi connectivity index (χ1v) is 6.96. The standard InChI is InChI=1S/C17H21N3O/c1-13(14-9-11-19-12-10-14)20(3)16(21)17(2,18)15-7-5-4-6-8-15/h4-13H,18H2,1-3H3. The highest BCUT2D eigenvalue weighted by Gasteiger charge is 2.34. The maximum absolute atomic E-state index is 12.8. The largest absolute Gasteiger partial charge is 0.337 e. The number of amides is 1. The summed E-state index contributed by atoms with van der Waals surface area (Å²) in [6.07, 6.45) is 3.45. The minimum atomic E-state index is -1.04. The topological polar surface area (TPSA) is 59.2 Å². The minimum Gasteiger partial charge on any atom is -0.337 e. The Hall–Kier alpha value is -2.20. The van der Waals surface area contributed by atoms with E-state index >= 15 is 0 Å². The Morgan fingerprint density at radius 2 is 1.76 bits per heavy atom. The van der Waals surface area contributed by atoms with Gasteiger partial charge in [0.05, 0.1) is 6.04 Å². The van der Waals surface area contributed by atoms with E-state index in [-0.39, 0.29) is 11.9 Å². The van der Waals surface area contributed by atoms with Gasteiger partial charge >= 0.3 is 0 Å². The predicted octanol–water partition coefficient (Wildman–Crippen LogP) is 2.48. The van der Waals surface area contributed by atoms with Gasteiger partial charge in [0.25, 0.3) is 0 Å². The van der Waals surface area contributed by atoms with Crippen molar-refractivity contribution in [3.63, 3.8) is 0 Å². The number of nitrogens with zero attached hydrogens (tertiary/aromatic N) is 2. The smallest absolute Gasteiger partial charge is 0.247 e. The summed E-state index contributed by atoms with van der Waals surface area (Å²) < 4.78 is 0. The van der Waals surface area contributed by atoms with Crippen LogP contribution in [-0.2, 0) is 10.3 Å². The van der Waals surface area contributed by atoms with Crippen molar-refractivity contribution in [2.24, 2.45) is 5.73 Å².